The third-order valence-corrected chi connectivity index (χ3v) is 2.86. The van der Waals surface area contributed by atoms with Gasteiger partial charge in [-0.1, -0.05) is 0 Å². The van der Waals surface area contributed by atoms with Crippen molar-refractivity contribution < 1.29 is 14.3 Å². The molecule has 6 nitrogen and oxygen atoms in total. The van der Waals surface area contributed by atoms with E-state index in [2.05, 4.69) is 10.4 Å². The molecule has 0 aliphatic heterocycles. The number of hydrogen-bond acceptors (Lipinski definition) is 4. The minimum Gasteiger partial charge on any atom is -0.493 e. The second-order valence-corrected chi connectivity index (χ2v) is 4.27. The fourth-order valence-corrected chi connectivity index (χ4v) is 1.83. The molecule has 1 aromatic carbocycles. The molecule has 0 aliphatic rings. The van der Waals surface area contributed by atoms with Crippen LogP contribution in [0.5, 0.6) is 11.5 Å². The van der Waals surface area contributed by atoms with Crippen molar-refractivity contribution in [1.29, 1.82) is 0 Å². The van der Waals surface area contributed by atoms with Crippen LogP contribution in [-0.2, 0) is 13.6 Å². The quantitative estimate of drug-likeness (QED) is 0.895. The number of nitrogens with one attached hydrogen (secondary N) is 1. The SMILES string of the molecule is COc1ccc(C(=O)NCc2cnn(C)c2)cc1OC. The Morgan fingerprint density at radius 1 is 1.30 bits per heavy atom. The molecule has 0 unspecified atom stereocenters. The summed E-state index contributed by atoms with van der Waals surface area (Å²) in [6.07, 6.45) is 3.57. The largest absolute Gasteiger partial charge is 0.493 e. The summed E-state index contributed by atoms with van der Waals surface area (Å²) in [4.78, 5) is 12.1. The molecule has 0 bridgehead atoms. The summed E-state index contributed by atoms with van der Waals surface area (Å²) in [6, 6.07) is 5.05. The molecule has 1 N–H and O–H groups in total. The molecule has 0 spiro atoms. The van der Waals surface area contributed by atoms with Gasteiger partial charge in [-0.15, -0.1) is 0 Å². The average molecular weight is 275 g/mol. The molecule has 0 atom stereocenters. The molecule has 20 heavy (non-hydrogen) atoms. The zero-order valence-electron chi connectivity index (χ0n) is 11.7. The van der Waals surface area contributed by atoms with Crippen molar-refractivity contribution in [2.75, 3.05) is 14.2 Å². The van der Waals surface area contributed by atoms with Gasteiger partial charge in [0.1, 0.15) is 0 Å². The summed E-state index contributed by atoms with van der Waals surface area (Å²) >= 11 is 0. The van der Waals surface area contributed by atoms with E-state index in [-0.39, 0.29) is 5.91 Å². The van der Waals surface area contributed by atoms with Gasteiger partial charge in [-0.2, -0.15) is 5.10 Å². The van der Waals surface area contributed by atoms with Crippen molar-refractivity contribution in [3.63, 3.8) is 0 Å². The van der Waals surface area contributed by atoms with Gasteiger partial charge >= 0.3 is 0 Å². The predicted molar refractivity (Wildman–Crippen MR) is 73.9 cm³/mol. The number of ether oxygens (including phenoxy) is 2. The first-order chi connectivity index (χ1) is 9.63. The van der Waals surface area contributed by atoms with Crippen molar-refractivity contribution in [1.82, 2.24) is 15.1 Å². The first-order valence-corrected chi connectivity index (χ1v) is 6.11. The Morgan fingerprint density at radius 2 is 2.05 bits per heavy atom. The summed E-state index contributed by atoms with van der Waals surface area (Å²) in [5, 5.41) is 6.87. The zero-order chi connectivity index (χ0) is 14.5. The monoisotopic (exact) mass is 275 g/mol. The van der Waals surface area contributed by atoms with E-state index in [9.17, 15) is 4.79 Å². The van der Waals surface area contributed by atoms with Gasteiger partial charge in [0.15, 0.2) is 11.5 Å². The third-order valence-electron chi connectivity index (χ3n) is 2.86. The van der Waals surface area contributed by atoms with Crippen LogP contribution in [0.3, 0.4) is 0 Å². The molecule has 1 heterocycles. The molecule has 2 rings (SSSR count). The molecule has 0 radical (unpaired) electrons. The highest BCUT2D eigenvalue weighted by molar-refractivity contribution is 5.94. The molecule has 1 amide bonds. The molecule has 0 saturated heterocycles. The standard InChI is InChI=1S/C14H17N3O3/c1-17-9-10(8-16-17)7-15-14(18)11-4-5-12(19-2)13(6-11)20-3/h4-6,8-9H,7H2,1-3H3,(H,15,18). The fourth-order valence-electron chi connectivity index (χ4n) is 1.83. The van der Waals surface area contributed by atoms with Crippen LogP contribution in [-0.4, -0.2) is 29.9 Å². The van der Waals surface area contributed by atoms with Crippen molar-refractivity contribution in [3.05, 3.63) is 41.7 Å². The number of rotatable bonds is 5. The topological polar surface area (TPSA) is 65.4 Å². The number of hydrogen-bond donors (Lipinski definition) is 1. The van der Waals surface area contributed by atoms with Crippen molar-refractivity contribution in [3.8, 4) is 11.5 Å². The highest BCUT2D eigenvalue weighted by Gasteiger charge is 2.10. The van der Waals surface area contributed by atoms with E-state index in [1.165, 1.54) is 7.11 Å². The maximum Gasteiger partial charge on any atom is 0.251 e. The van der Waals surface area contributed by atoms with E-state index >= 15 is 0 Å². The number of carbonyl (C=O) groups is 1. The predicted octanol–water partition coefficient (Wildman–Crippen LogP) is 1.37. The molecule has 0 aliphatic carbocycles. The lowest BCUT2D eigenvalue weighted by molar-refractivity contribution is 0.0950. The van der Waals surface area contributed by atoms with Gasteiger partial charge in [0, 0.05) is 30.9 Å². The van der Waals surface area contributed by atoms with E-state index in [0.717, 1.165) is 5.56 Å². The Kier molecular flexibility index (Phi) is 4.24. The number of aryl methyl sites for hydroxylation is 1. The molecule has 6 heteroatoms. The van der Waals surface area contributed by atoms with Crippen molar-refractivity contribution >= 4 is 5.91 Å². The van der Waals surface area contributed by atoms with Gasteiger partial charge in [0.2, 0.25) is 0 Å². The first-order valence-electron chi connectivity index (χ1n) is 6.11. The lowest BCUT2D eigenvalue weighted by Gasteiger charge is -2.09. The zero-order valence-corrected chi connectivity index (χ0v) is 11.7. The fraction of sp³-hybridized carbons (Fsp3) is 0.286. The smallest absolute Gasteiger partial charge is 0.251 e. The van der Waals surface area contributed by atoms with Gasteiger partial charge < -0.3 is 14.8 Å². The van der Waals surface area contributed by atoms with Crippen LogP contribution in [0, 0.1) is 0 Å². The number of aromatic nitrogens is 2. The molecule has 0 saturated carbocycles. The minimum atomic E-state index is -0.171. The lowest BCUT2D eigenvalue weighted by Crippen LogP contribution is -2.22. The van der Waals surface area contributed by atoms with Gasteiger partial charge in [-0.3, -0.25) is 9.48 Å². The van der Waals surface area contributed by atoms with E-state index < -0.39 is 0 Å². The maximum absolute atomic E-state index is 12.1. The summed E-state index contributed by atoms with van der Waals surface area (Å²) in [7, 11) is 4.93. The van der Waals surface area contributed by atoms with Crippen molar-refractivity contribution in [2.45, 2.75) is 6.54 Å². The molecule has 1 aromatic heterocycles. The van der Waals surface area contributed by atoms with Gasteiger partial charge in [0.05, 0.1) is 20.4 Å². The second kappa shape index (κ2) is 6.10. The summed E-state index contributed by atoms with van der Waals surface area (Å²) in [6.45, 7) is 0.432. The Balaban J connectivity index is 2.05. The molecule has 2 aromatic rings. The van der Waals surface area contributed by atoms with E-state index in [1.54, 1.807) is 36.2 Å². The first kappa shape index (κ1) is 13.9. The average Bonchev–Trinajstić information content (AvgIpc) is 2.89. The van der Waals surface area contributed by atoms with Crippen LogP contribution in [0.25, 0.3) is 0 Å². The van der Waals surface area contributed by atoms with Crippen LogP contribution >= 0.6 is 0 Å². The van der Waals surface area contributed by atoms with Crippen LogP contribution < -0.4 is 14.8 Å². The number of nitrogens with zero attached hydrogens (tertiary/aromatic N) is 2. The lowest BCUT2D eigenvalue weighted by atomic mass is 10.2. The Morgan fingerprint density at radius 3 is 2.65 bits per heavy atom. The molecule has 106 valence electrons. The number of amides is 1. The van der Waals surface area contributed by atoms with E-state index in [1.807, 2.05) is 13.2 Å². The van der Waals surface area contributed by atoms with Gasteiger partial charge in [-0.05, 0) is 18.2 Å². The Hall–Kier alpha value is -2.50. The van der Waals surface area contributed by atoms with E-state index in [0.29, 0.717) is 23.6 Å². The summed E-state index contributed by atoms with van der Waals surface area (Å²) in [5.74, 6) is 0.952. The van der Waals surface area contributed by atoms with Crippen LogP contribution in [0.2, 0.25) is 0 Å². The minimum absolute atomic E-state index is 0.171. The second-order valence-electron chi connectivity index (χ2n) is 4.27. The highest BCUT2D eigenvalue weighted by Crippen LogP contribution is 2.27. The Labute approximate surface area is 117 Å². The molecular weight excluding hydrogens is 258 g/mol. The number of benzene rings is 1. The number of carbonyl (C=O) groups excluding carboxylic acids is 1. The number of methoxy groups -OCH3 is 2. The normalized spacial score (nSPS) is 10.2. The third kappa shape index (κ3) is 3.09. The maximum atomic E-state index is 12.1. The van der Waals surface area contributed by atoms with Gasteiger partial charge in [0.25, 0.3) is 5.91 Å². The molecule has 0 fully saturated rings. The van der Waals surface area contributed by atoms with Crippen LogP contribution in [0.1, 0.15) is 15.9 Å². The van der Waals surface area contributed by atoms with Crippen molar-refractivity contribution in [2.24, 2.45) is 7.05 Å². The molecular formula is C14H17N3O3. The summed E-state index contributed by atoms with van der Waals surface area (Å²) in [5.41, 5.74) is 1.47. The highest BCUT2D eigenvalue weighted by atomic mass is 16.5. The Bertz CT molecular complexity index is 607. The van der Waals surface area contributed by atoms with Crippen LogP contribution in [0.4, 0.5) is 0 Å². The van der Waals surface area contributed by atoms with Crippen LogP contribution in [0.15, 0.2) is 30.6 Å². The summed E-state index contributed by atoms with van der Waals surface area (Å²) < 4.78 is 12.0. The van der Waals surface area contributed by atoms with E-state index in [4.69, 9.17) is 9.47 Å². The van der Waals surface area contributed by atoms with Gasteiger partial charge in [-0.25, -0.2) is 0 Å².